The highest BCUT2D eigenvalue weighted by molar-refractivity contribution is 9.10. The molecule has 24 heavy (non-hydrogen) atoms. The molecule has 0 aliphatic rings. The van der Waals surface area contributed by atoms with Crippen LogP contribution in [-0.2, 0) is 4.79 Å². The van der Waals surface area contributed by atoms with E-state index in [0.29, 0.717) is 21.1 Å². The molecular formula is C15H10BrN3O4S. The van der Waals surface area contributed by atoms with Crippen LogP contribution in [-0.4, -0.2) is 22.4 Å². The van der Waals surface area contributed by atoms with Crippen molar-refractivity contribution in [3.05, 3.63) is 57.1 Å². The van der Waals surface area contributed by atoms with Crippen LogP contribution in [0.2, 0.25) is 0 Å². The number of carbonyl (C=O) groups excluding carboxylic acids is 1. The third kappa shape index (κ3) is 3.87. The first-order valence-corrected chi connectivity index (χ1v) is 8.35. The van der Waals surface area contributed by atoms with Gasteiger partial charge in [0.15, 0.2) is 11.7 Å². The summed E-state index contributed by atoms with van der Waals surface area (Å²) in [7, 11) is 0. The number of amides is 1. The van der Waals surface area contributed by atoms with E-state index >= 15 is 0 Å². The van der Waals surface area contributed by atoms with Crippen molar-refractivity contribution < 1.29 is 14.5 Å². The Balaban J connectivity index is 1.65. The van der Waals surface area contributed by atoms with Crippen molar-refractivity contribution in [3.8, 4) is 5.75 Å². The molecule has 0 aliphatic carbocycles. The molecule has 0 spiro atoms. The number of nitro benzene ring substituents is 1. The van der Waals surface area contributed by atoms with Gasteiger partial charge < -0.3 is 4.74 Å². The SMILES string of the molecule is O=C(COc1cccc(Br)c1)Nc1nc2ccc([N+](=O)[O-])cc2s1. The van der Waals surface area contributed by atoms with Crippen LogP contribution in [0.4, 0.5) is 10.8 Å². The number of rotatable bonds is 5. The molecule has 9 heteroatoms. The molecule has 1 heterocycles. The number of thiazole rings is 1. The Hall–Kier alpha value is -2.52. The van der Waals surface area contributed by atoms with Crippen LogP contribution in [0.3, 0.4) is 0 Å². The first-order chi connectivity index (χ1) is 11.5. The van der Waals surface area contributed by atoms with Crippen molar-refractivity contribution in [1.29, 1.82) is 0 Å². The van der Waals surface area contributed by atoms with Crippen molar-refractivity contribution in [2.75, 3.05) is 11.9 Å². The van der Waals surface area contributed by atoms with E-state index in [1.54, 1.807) is 24.3 Å². The number of nitro groups is 1. The van der Waals surface area contributed by atoms with Crippen molar-refractivity contribution in [2.45, 2.75) is 0 Å². The van der Waals surface area contributed by atoms with Gasteiger partial charge in [-0.15, -0.1) is 0 Å². The zero-order valence-electron chi connectivity index (χ0n) is 12.1. The summed E-state index contributed by atoms with van der Waals surface area (Å²) in [6.07, 6.45) is 0. The van der Waals surface area contributed by atoms with Gasteiger partial charge in [-0.05, 0) is 24.3 Å². The smallest absolute Gasteiger partial charge is 0.270 e. The number of ether oxygens (including phenoxy) is 1. The number of fused-ring (bicyclic) bond motifs is 1. The van der Waals surface area contributed by atoms with Crippen molar-refractivity contribution in [3.63, 3.8) is 0 Å². The van der Waals surface area contributed by atoms with Gasteiger partial charge in [0.1, 0.15) is 5.75 Å². The molecule has 1 N–H and O–H groups in total. The lowest BCUT2D eigenvalue weighted by molar-refractivity contribution is -0.384. The van der Waals surface area contributed by atoms with Crippen LogP contribution in [0.25, 0.3) is 10.2 Å². The molecular weight excluding hydrogens is 398 g/mol. The fourth-order valence-electron chi connectivity index (χ4n) is 1.94. The molecule has 0 fully saturated rings. The zero-order valence-corrected chi connectivity index (χ0v) is 14.5. The predicted octanol–water partition coefficient (Wildman–Crippen LogP) is 3.98. The van der Waals surface area contributed by atoms with E-state index in [-0.39, 0.29) is 18.2 Å². The van der Waals surface area contributed by atoms with Gasteiger partial charge in [0.25, 0.3) is 11.6 Å². The van der Waals surface area contributed by atoms with Crippen molar-refractivity contribution >= 4 is 54.2 Å². The Labute approximate surface area is 148 Å². The number of non-ortho nitro benzene ring substituents is 1. The normalized spacial score (nSPS) is 10.5. The second-order valence-corrected chi connectivity index (χ2v) is 6.67. The molecule has 2 aromatic carbocycles. The molecule has 0 aliphatic heterocycles. The Bertz CT molecular complexity index is 928. The Kier molecular flexibility index (Phi) is 4.72. The van der Waals surface area contributed by atoms with Gasteiger partial charge in [-0.2, -0.15) is 0 Å². The Morgan fingerprint density at radius 2 is 2.17 bits per heavy atom. The highest BCUT2D eigenvalue weighted by Crippen LogP contribution is 2.29. The standard InChI is InChI=1S/C15H10BrN3O4S/c16-9-2-1-3-11(6-9)23-8-14(20)18-15-17-12-5-4-10(19(21)22)7-13(12)24-15/h1-7H,8H2,(H,17,18,20). The lowest BCUT2D eigenvalue weighted by atomic mass is 10.3. The number of hydrogen-bond acceptors (Lipinski definition) is 6. The summed E-state index contributed by atoms with van der Waals surface area (Å²) in [6.45, 7) is -0.160. The van der Waals surface area contributed by atoms with E-state index in [4.69, 9.17) is 4.74 Å². The van der Waals surface area contributed by atoms with Crippen LogP contribution < -0.4 is 10.1 Å². The second-order valence-electron chi connectivity index (χ2n) is 4.72. The average Bonchev–Trinajstić information content (AvgIpc) is 2.94. The first-order valence-electron chi connectivity index (χ1n) is 6.74. The molecule has 1 amide bonds. The van der Waals surface area contributed by atoms with Crippen molar-refractivity contribution in [2.24, 2.45) is 0 Å². The predicted molar refractivity (Wildman–Crippen MR) is 94.5 cm³/mol. The number of anilines is 1. The van der Waals surface area contributed by atoms with E-state index < -0.39 is 4.92 Å². The van der Waals surface area contributed by atoms with Gasteiger partial charge >= 0.3 is 0 Å². The van der Waals surface area contributed by atoms with Crippen LogP contribution >= 0.6 is 27.3 Å². The fraction of sp³-hybridized carbons (Fsp3) is 0.0667. The summed E-state index contributed by atoms with van der Waals surface area (Å²) in [5, 5.41) is 13.8. The maximum absolute atomic E-state index is 11.9. The summed E-state index contributed by atoms with van der Waals surface area (Å²) in [5.74, 6) is 0.211. The average molecular weight is 408 g/mol. The number of nitrogens with zero attached hydrogens (tertiary/aromatic N) is 2. The highest BCUT2D eigenvalue weighted by Gasteiger charge is 2.12. The molecule has 0 unspecified atom stereocenters. The molecule has 0 atom stereocenters. The Morgan fingerprint density at radius 1 is 1.33 bits per heavy atom. The van der Waals surface area contributed by atoms with E-state index in [0.717, 1.165) is 4.47 Å². The maximum Gasteiger partial charge on any atom is 0.270 e. The number of benzene rings is 2. The summed E-state index contributed by atoms with van der Waals surface area (Å²) < 4.78 is 6.88. The molecule has 122 valence electrons. The molecule has 0 saturated carbocycles. The van der Waals surface area contributed by atoms with Gasteiger partial charge in [0, 0.05) is 16.6 Å². The zero-order chi connectivity index (χ0) is 17.1. The van der Waals surface area contributed by atoms with Crippen molar-refractivity contribution in [1.82, 2.24) is 4.98 Å². The van der Waals surface area contributed by atoms with Crippen LogP contribution in [0.5, 0.6) is 5.75 Å². The molecule has 0 radical (unpaired) electrons. The van der Waals surface area contributed by atoms with Gasteiger partial charge in [0.05, 0.1) is 15.1 Å². The highest BCUT2D eigenvalue weighted by atomic mass is 79.9. The fourth-order valence-corrected chi connectivity index (χ4v) is 3.23. The molecule has 1 aromatic heterocycles. The number of hydrogen-bond donors (Lipinski definition) is 1. The van der Waals surface area contributed by atoms with Gasteiger partial charge in [-0.1, -0.05) is 33.3 Å². The van der Waals surface area contributed by atoms with Gasteiger partial charge in [-0.3, -0.25) is 20.2 Å². The van der Waals surface area contributed by atoms with Gasteiger partial charge in [-0.25, -0.2) is 4.98 Å². The lowest BCUT2D eigenvalue weighted by Gasteiger charge is -2.05. The minimum Gasteiger partial charge on any atom is -0.484 e. The molecule has 3 aromatic rings. The number of nitrogens with one attached hydrogen (secondary N) is 1. The van der Waals surface area contributed by atoms with E-state index in [1.165, 1.54) is 23.5 Å². The molecule has 7 nitrogen and oxygen atoms in total. The molecule has 3 rings (SSSR count). The minimum absolute atomic E-state index is 0.0120. The van der Waals surface area contributed by atoms with Gasteiger partial charge in [0.2, 0.25) is 0 Å². The number of aromatic nitrogens is 1. The van der Waals surface area contributed by atoms with E-state index in [2.05, 4.69) is 26.2 Å². The maximum atomic E-state index is 11.9. The number of halogens is 1. The summed E-state index contributed by atoms with van der Waals surface area (Å²) in [5.41, 5.74) is 0.579. The third-order valence-electron chi connectivity index (χ3n) is 3.00. The summed E-state index contributed by atoms with van der Waals surface area (Å²) >= 11 is 4.49. The van der Waals surface area contributed by atoms with Crippen LogP contribution in [0, 0.1) is 10.1 Å². The summed E-state index contributed by atoms with van der Waals surface area (Å²) in [4.78, 5) is 26.5. The van der Waals surface area contributed by atoms with Crippen LogP contribution in [0.15, 0.2) is 46.9 Å². The monoisotopic (exact) mass is 407 g/mol. The van der Waals surface area contributed by atoms with E-state index in [9.17, 15) is 14.9 Å². The van der Waals surface area contributed by atoms with E-state index in [1.807, 2.05) is 6.07 Å². The topological polar surface area (TPSA) is 94.4 Å². The molecule has 0 bridgehead atoms. The Morgan fingerprint density at radius 3 is 2.92 bits per heavy atom. The minimum atomic E-state index is -0.469. The summed E-state index contributed by atoms with van der Waals surface area (Å²) in [6, 6.07) is 11.5. The first kappa shape index (κ1) is 16.3. The quantitative estimate of drug-likeness (QED) is 0.509. The van der Waals surface area contributed by atoms with Crippen LogP contribution in [0.1, 0.15) is 0 Å². The second kappa shape index (κ2) is 6.93. The molecule has 0 saturated heterocycles. The third-order valence-corrected chi connectivity index (χ3v) is 4.42. The lowest BCUT2D eigenvalue weighted by Crippen LogP contribution is -2.19. The largest absolute Gasteiger partial charge is 0.484 e. The number of carbonyl (C=O) groups is 1.